The molecule has 5 heteroatoms. The lowest BCUT2D eigenvalue weighted by molar-refractivity contribution is -0.151. The van der Waals surface area contributed by atoms with Gasteiger partial charge < -0.3 is 14.9 Å². The van der Waals surface area contributed by atoms with Crippen molar-refractivity contribution in [3.8, 4) is 0 Å². The lowest BCUT2D eigenvalue weighted by atomic mass is 10.4. The summed E-state index contributed by atoms with van der Waals surface area (Å²) < 4.78 is 4.08. The zero-order chi connectivity index (χ0) is 12.3. The highest BCUT2D eigenvalue weighted by Gasteiger charge is 2.19. The van der Waals surface area contributed by atoms with E-state index in [1.807, 2.05) is 13.8 Å². The molecular formula is C10H18O5. The molecule has 0 saturated carbocycles. The van der Waals surface area contributed by atoms with Gasteiger partial charge in [-0.05, 0) is 13.8 Å². The van der Waals surface area contributed by atoms with Gasteiger partial charge in [0, 0.05) is 0 Å². The zero-order valence-corrected chi connectivity index (χ0v) is 9.15. The Morgan fingerprint density at radius 3 is 1.53 bits per heavy atom. The van der Waals surface area contributed by atoms with Crippen LogP contribution in [0.3, 0.4) is 0 Å². The number of allylic oxidation sites excluding steroid dienone is 1. The van der Waals surface area contributed by atoms with Gasteiger partial charge in [0.25, 0.3) is 0 Å². The van der Waals surface area contributed by atoms with Crippen molar-refractivity contribution in [1.82, 2.24) is 0 Å². The van der Waals surface area contributed by atoms with Crippen molar-refractivity contribution in [1.29, 1.82) is 0 Å². The lowest BCUT2D eigenvalue weighted by Gasteiger charge is -1.79. The summed E-state index contributed by atoms with van der Waals surface area (Å²) in [7, 11) is 0. The van der Waals surface area contributed by atoms with E-state index in [0.29, 0.717) is 0 Å². The van der Waals surface area contributed by atoms with Crippen molar-refractivity contribution in [2.24, 2.45) is 0 Å². The molecule has 0 unspecified atom stereocenters. The fourth-order valence-electron chi connectivity index (χ4n) is 0.433. The minimum atomic E-state index is -0.398. The molecule has 0 radical (unpaired) electrons. The van der Waals surface area contributed by atoms with Gasteiger partial charge in [-0.25, -0.2) is 0 Å². The maximum Gasteiger partial charge on any atom is 0.314 e. The van der Waals surface area contributed by atoms with Gasteiger partial charge in [-0.1, -0.05) is 5.57 Å². The molecule has 0 aromatic carbocycles. The predicted molar refractivity (Wildman–Crippen MR) is 55.0 cm³/mol. The average molecular weight is 218 g/mol. The van der Waals surface area contributed by atoms with Gasteiger partial charge in [-0.15, -0.1) is 6.58 Å². The molecule has 2 N–H and O–H groups in total. The predicted octanol–water partition coefficient (Wildman–Crippen LogP) is 0.403. The first kappa shape index (κ1) is 16.2. The maximum atomic E-state index is 10.0. The quantitative estimate of drug-likeness (QED) is 0.378. The first-order chi connectivity index (χ1) is 6.93. The highest BCUT2D eigenvalue weighted by molar-refractivity contribution is 5.92. The minimum absolute atomic E-state index is 0.125. The van der Waals surface area contributed by atoms with E-state index >= 15 is 0 Å². The third-order valence-electron chi connectivity index (χ3n) is 0.861. The summed E-state index contributed by atoms with van der Waals surface area (Å²) in [6.45, 7) is 7.25. The van der Waals surface area contributed by atoms with E-state index in [2.05, 4.69) is 11.3 Å². The van der Waals surface area contributed by atoms with E-state index in [9.17, 15) is 9.59 Å². The summed E-state index contributed by atoms with van der Waals surface area (Å²) in [5.74, 6) is -0.796. The van der Waals surface area contributed by atoms with Gasteiger partial charge in [0.15, 0.2) is 0 Å². The molecular weight excluding hydrogens is 200 g/mol. The van der Waals surface area contributed by atoms with E-state index in [1.165, 1.54) is 5.57 Å². The highest BCUT2D eigenvalue weighted by Crippen LogP contribution is 2.03. The molecule has 1 heterocycles. The number of esters is 2. The van der Waals surface area contributed by atoms with Gasteiger partial charge in [0.1, 0.15) is 0 Å². The normalized spacial score (nSPS) is 13.1. The summed E-state index contributed by atoms with van der Waals surface area (Å²) in [5, 5.41) is 15.2. The fraction of sp³-hybridized carbons (Fsp3) is 0.600. The number of ether oxygens (including phenoxy) is 1. The third-order valence-corrected chi connectivity index (χ3v) is 0.861. The Kier molecular flexibility index (Phi) is 11.8. The third kappa shape index (κ3) is 19.3. The number of carbonyl (C=O) groups excluding carboxylic acids is 2. The Bertz CT molecular complexity index is 190. The number of aliphatic hydroxyl groups is 2. The topological polar surface area (TPSA) is 83.8 Å². The Balaban J connectivity index is 0. The molecule has 1 aliphatic rings. The molecule has 1 rings (SSSR count). The van der Waals surface area contributed by atoms with Crippen LogP contribution in [0.25, 0.3) is 0 Å². The zero-order valence-electron chi connectivity index (χ0n) is 9.15. The minimum Gasteiger partial charge on any atom is -0.394 e. The molecule has 0 amide bonds. The maximum absolute atomic E-state index is 10.0. The molecule has 1 saturated heterocycles. The van der Waals surface area contributed by atoms with Crippen LogP contribution in [0, 0.1) is 0 Å². The van der Waals surface area contributed by atoms with Crippen molar-refractivity contribution in [3.05, 3.63) is 12.2 Å². The van der Waals surface area contributed by atoms with E-state index in [-0.39, 0.29) is 26.1 Å². The molecule has 5 nitrogen and oxygen atoms in total. The van der Waals surface area contributed by atoms with E-state index < -0.39 is 11.9 Å². The van der Waals surface area contributed by atoms with Crippen molar-refractivity contribution in [2.45, 2.75) is 26.7 Å². The van der Waals surface area contributed by atoms with E-state index in [4.69, 9.17) is 10.2 Å². The summed E-state index contributed by atoms with van der Waals surface area (Å²) in [6, 6.07) is 0. The van der Waals surface area contributed by atoms with E-state index in [1.54, 1.807) is 0 Å². The molecule has 0 bridgehead atoms. The van der Waals surface area contributed by atoms with Gasteiger partial charge in [-0.2, -0.15) is 0 Å². The Hall–Kier alpha value is -1.20. The first-order valence-electron chi connectivity index (χ1n) is 4.51. The smallest absolute Gasteiger partial charge is 0.314 e. The van der Waals surface area contributed by atoms with Crippen LogP contribution in [0.15, 0.2) is 12.2 Å². The molecule has 0 aliphatic carbocycles. The van der Waals surface area contributed by atoms with Gasteiger partial charge >= 0.3 is 11.9 Å². The fourth-order valence-corrected chi connectivity index (χ4v) is 0.433. The van der Waals surface area contributed by atoms with E-state index in [0.717, 1.165) is 0 Å². The van der Waals surface area contributed by atoms with Crippen LogP contribution in [0.4, 0.5) is 0 Å². The molecule has 1 aliphatic heterocycles. The average Bonchev–Trinajstić information content (AvgIpc) is 2.49. The Labute approximate surface area is 89.4 Å². The van der Waals surface area contributed by atoms with Crippen LogP contribution in [0.2, 0.25) is 0 Å². The van der Waals surface area contributed by atoms with Crippen LogP contribution >= 0.6 is 0 Å². The van der Waals surface area contributed by atoms with Crippen molar-refractivity contribution in [3.63, 3.8) is 0 Å². The van der Waals surface area contributed by atoms with Crippen molar-refractivity contribution < 1.29 is 24.5 Å². The second-order valence-corrected chi connectivity index (χ2v) is 3.00. The van der Waals surface area contributed by atoms with Crippen LogP contribution in [0.1, 0.15) is 26.7 Å². The van der Waals surface area contributed by atoms with Crippen molar-refractivity contribution in [2.75, 3.05) is 13.2 Å². The summed E-state index contributed by atoms with van der Waals surface area (Å²) in [4.78, 5) is 20.0. The summed E-state index contributed by atoms with van der Waals surface area (Å²) >= 11 is 0. The number of rotatable bonds is 1. The summed E-state index contributed by atoms with van der Waals surface area (Å²) in [5.41, 5.74) is 1.17. The molecule has 0 atom stereocenters. The molecule has 1 fully saturated rings. The van der Waals surface area contributed by atoms with Gasteiger partial charge in [0.2, 0.25) is 0 Å². The number of hydrogen-bond acceptors (Lipinski definition) is 5. The second kappa shape index (κ2) is 10.9. The molecule has 15 heavy (non-hydrogen) atoms. The van der Waals surface area contributed by atoms with Crippen molar-refractivity contribution >= 4 is 11.9 Å². The van der Waals surface area contributed by atoms with Crippen LogP contribution in [-0.4, -0.2) is 35.4 Å². The number of hydrogen-bond donors (Lipinski definition) is 2. The number of carbonyl (C=O) groups is 2. The molecule has 88 valence electrons. The first-order valence-corrected chi connectivity index (χ1v) is 4.51. The largest absolute Gasteiger partial charge is 0.394 e. The molecule has 0 aromatic rings. The number of aliphatic hydroxyl groups excluding tert-OH is 2. The highest BCUT2D eigenvalue weighted by atomic mass is 16.6. The molecule has 0 spiro atoms. The van der Waals surface area contributed by atoms with Crippen LogP contribution in [0.5, 0.6) is 0 Å². The second-order valence-electron chi connectivity index (χ2n) is 3.00. The Morgan fingerprint density at radius 2 is 1.47 bits per heavy atom. The van der Waals surface area contributed by atoms with Crippen LogP contribution in [-0.2, 0) is 14.3 Å². The lowest BCUT2D eigenvalue weighted by Crippen LogP contribution is -1.94. The van der Waals surface area contributed by atoms with Gasteiger partial charge in [-0.3, -0.25) is 9.59 Å². The standard InChI is InChI=1S/C4H4O3.C4H8.C2H6O2/c5-3-1-2-4(6)7-3;1-4(2)3;3-1-2-4/h1-2H2;1H2,2-3H3;3-4H,1-2H2. The molecule has 0 aromatic heterocycles. The Morgan fingerprint density at radius 1 is 1.20 bits per heavy atom. The summed E-state index contributed by atoms with van der Waals surface area (Å²) in [6.07, 6.45) is 0.525. The van der Waals surface area contributed by atoms with Crippen LogP contribution < -0.4 is 0 Å². The SMILES string of the molecule is C=C(C)C.O=C1CCC(=O)O1.OCCO. The van der Waals surface area contributed by atoms with Gasteiger partial charge in [0.05, 0.1) is 26.1 Å². The number of cyclic esters (lactones) is 2. The monoisotopic (exact) mass is 218 g/mol.